The van der Waals surface area contributed by atoms with Crippen LogP contribution in [0.1, 0.15) is 5.56 Å². The first-order valence-corrected chi connectivity index (χ1v) is 10.7. The molecule has 2 aliphatic rings. The second-order valence-electron chi connectivity index (χ2n) is 8.03. The fourth-order valence-corrected chi connectivity index (χ4v) is 3.88. The summed E-state index contributed by atoms with van der Waals surface area (Å²) in [6, 6.07) is 11.6. The van der Waals surface area contributed by atoms with Crippen molar-refractivity contribution in [2.24, 2.45) is 0 Å². The van der Waals surface area contributed by atoms with E-state index in [-0.39, 0.29) is 12.4 Å². The molecule has 1 fully saturated rings. The molecule has 2 heterocycles. The number of anilines is 2. The van der Waals surface area contributed by atoms with E-state index < -0.39 is 12.5 Å². The quantitative estimate of drug-likeness (QED) is 0.648. The summed E-state index contributed by atoms with van der Waals surface area (Å²) in [5.74, 6) is 0.458. The zero-order valence-electron chi connectivity index (χ0n) is 18.0. The molecule has 0 unspecified atom stereocenters. The molecule has 2 aliphatic heterocycles. The molecule has 0 saturated carbocycles. The number of hydrogen-bond acceptors (Lipinski definition) is 6. The van der Waals surface area contributed by atoms with E-state index in [9.17, 15) is 18.3 Å². The fourth-order valence-electron chi connectivity index (χ4n) is 3.88. The van der Waals surface area contributed by atoms with Crippen molar-refractivity contribution in [2.45, 2.75) is 12.5 Å². The lowest BCUT2D eigenvalue weighted by molar-refractivity contribution is -0.274. The minimum absolute atomic E-state index is 0.184. The van der Waals surface area contributed by atoms with E-state index in [1.54, 1.807) is 12.1 Å². The molecule has 0 aliphatic carbocycles. The molecular weight excluding hydrogens is 435 g/mol. The maximum atomic E-state index is 12.3. The van der Waals surface area contributed by atoms with Gasteiger partial charge in [-0.05, 0) is 48.5 Å². The molecule has 2 aromatic rings. The van der Waals surface area contributed by atoms with Crippen LogP contribution in [-0.4, -0.2) is 61.8 Å². The Labute approximate surface area is 190 Å². The van der Waals surface area contributed by atoms with E-state index in [4.69, 9.17) is 4.74 Å². The Bertz CT molecular complexity index is 1000. The number of ether oxygens (including phenoxy) is 2. The molecule has 2 aromatic carbocycles. The van der Waals surface area contributed by atoms with Gasteiger partial charge < -0.3 is 24.8 Å². The molecule has 1 saturated heterocycles. The number of allylic oxidation sites excluding steroid dienone is 1. The lowest BCUT2D eigenvalue weighted by atomic mass is 10.1. The van der Waals surface area contributed by atoms with Crippen molar-refractivity contribution in [3.63, 3.8) is 0 Å². The molecule has 4 rings (SSSR count). The lowest BCUT2D eigenvalue weighted by Crippen LogP contribution is -2.49. The lowest BCUT2D eigenvalue weighted by Gasteiger charge is -2.36. The number of β-amino-alcohol motifs (C(OH)–C–C–N with tert-alkyl or cyclic N) is 1. The van der Waals surface area contributed by atoms with Crippen molar-refractivity contribution in [1.29, 1.82) is 0 Å². The normalized spacial score (nSPS) is 17.3. The first kappa shape index (κ1) is 23.0. The van der Waals surface area contributed by atoms with Gasteiger partial charge in [0.05, 0.1) is 0 Å². The molecule has 176 valence electrons. The summed E-state index contributed by atoms with van der Waals surface area (Å²) in [5.41, 5.74) is 3.64. The molecule has 0 radical (unpaired) electrons. The van der Waals surface area contributed by atoms with Crippen LogP contribution in [0.3, 0.4) is 0 Å². The first-order chi connectivity index (χ1) is 15.7. The number of halogens is 3. The van der Waals surface area contributed by atoms with E-state index in [0.717, 1.165) is 35.7 Å². The van der Waals surface area contributed by atoms with Crippen LogP contribution in [-0.2, 0) is 0 Å². The van der Waals surface area contributed by atoms with Gasteiger partial charge in [-0.3, -0.25) is 4.90 Å². The Hall–Kier alpha value is -3.17. The monoisotopic (exact) mass is 461 g/mol. The van der Waals surface area contributed by atoms with Gasteiger partial charge in [0.1, 0.15) is 24.2 Å². The van der Waals surface area contributed by atoms with E-state index in [2.05, 4.69) is 26.4 Å². The zero-order chi connectivity index (χ0) is 23.4. The number of fused-ring (bicyclic) bond motifs is 1. The summed E-state index contributed by atoms with van der Waals surface area (Å²) in [6.07, 6.45) is -1.47. The smallest absolute Gasteiger partial charge is 0.491 e. The third-order valence-electron chi connectivity index (χ3n) is 5.50. The summed E-state index contributed by atoms with van der Waals surface area (Å²) in [4.78, 5) is 4.25. The third kappa shape index (κ3) is 6.43. The van der Waals surface area contributed by atoms with Gasteiger partial charge >= 0.3 is 6.36 Å². The summed E-state index contributed by atoms with van der Waals surface area (Å²) >= 11 is 0. The van der Waals surface area contributed by atoms with Gasteiger partial charge in [-0.15, -0.1) is 13.2 Å². The number of piperazine rings is 1. The van der Waals surface area contributed by atoms with Gasteiger partial charge in [0, 0.05) is 55.4 Å². The highest BCUT2D eigenvalue weighted by molar-refractivity contribution is 5.75. The topological polar surface area (TPSA) is 57.2 Å². The van der Waals surface area contributed by atoms with Crippen LogP contribution in [0.25, 0.3) is 6.08 Å². The SMILES string of the molecule is C=C1C=Cc2cc(OC[C@@H](O)CN3CCN(c4ccc(OC(F)(F)F)cc4)CC3)ccc2N1. The molecule has 2 N–H and O–H groups in total. The standard InChI is InChI=1S/C24H26F3N3O3/c1-17-2-3-18-14-22(8-9-23(18)28-17)32-16-20(31)15-29-10-12-30(13-11-29)19-4-6-21(7-5-19)33-24(25,26)27/h2-9,14,20,28,31H,1,10-13,15-16H2/t20-/m0/s1. The highest BCUT2D eigenvalue weighted by Crippen LogP contribution is 2.28. The molecule has 0 bridgehead atoms. The van der Waals surface area contributed by atoms with Crippen molar-refractivity contribution in [1.82, 2.24) is 4.90 Å². The van der Waals surface area contributed by atoms with Gasteiger partial charge in [-0.2, -0.15) is 0 Å². The van der Waals surface area contributed by atoms with Crippen LogP contribution < -0.4 is 19.7 Å². The highest BCUT2D eigenvalue weighted by atomic mass is 19.4. The second kappa shape index (κ2) is 9.76. The van der Waals surface area contributed by atoms with Crippen molar-refractivity contribution in [3.05, 3.63) is 66.4 Å². The molecule has 0 spiro atoms. The van der Waals surface area contributed by atoms with Crippen LogP contribution in [0.5, 0.6) is 11.5 Å². The van der Waals surface area contributed by atoms with Crippen molar-refractivity contribution < 1.29 is 27.8 Å². The predicted molar refractivity (Wildman–Crippen MR) is 122 cm³/mol. The Kier molecular flexibility index (Phi) is 6.80. The highest BCUT2D eigenvalue weighted by Gasteiger charge is 2.31. The second-order valence-corrected chi connectivity index (χ2v) is 8.03. The largest absolute Gasteiger partial charge is 0.573 e. The number of nitrogens with one attached hydrogen (secondary N) is 1. The van der Waals surface area contributed by atoms with Crippen LogP contribution in [0.15, 0.2) is 60.8 Å². The van der Waals surface area contributed by atoms with Gasteiger partial charge in [-0.1, -0.05) is 12.7 Å². The molecule has 0 amide bonds. The number of alkyl halides is 3. The number of hydrogen-bond donors (Lipinski definition) is 2. The van der Waals surface area contributed by atoms with Gasteiger partial charge in [0.15, 0.2) is 0 Å². The van der Waals surface area contributed by atoms with Crippen LogP contribution in [0.4, 0.5) is 24.5 Å². The summed E-state index contributed by atoms with van der Waals surface area (Å²) in [5, 5.41) is 13.6. The zero-order valence-corrected chi connectivity index (χ0v) is 18.0. The van der Waals surface area contributed by atoms with Crippen LogP contribution in [0, 0.1) is 0 Å². The van der Waals surface area contributed by atoms with Crippen molar-refractivity contribution in [2.75, 3.05) is 49.5 Å². The van der Waals surface area contributed by atoms with E-state index in [0.29, 0.717) is 25.4 Å². The van der Waals surface area contributed by atoms with Gasteiger partial charge in [0.2, 0.25) is 0 Å². The minimum Gasteiger partial charge on any atom is -0.491 e. The average Bonchev–Trinajstić information content (AvgIpc) is 2.78. The van der Waals surface area contributed by atoms with E-state index >= 15 is 0 Å². The Balaban J connectivity index is 1.21. The summed E-state index contributed by atoms with van der Waals surface area (Å²) in [6.45, 7) is 7.43. The maximum Gasteiger partial charge on any atom is 0.573 e. The number of benzene rings is 2. The number of aliphatic hydroxyl groups excluding tert-OH is 1. The average molecular weight is 461 g/mol. The molecule has 9 heteroatoms. The molecule has 33 heavy (non-hydrogen) atoms. The fraction of sp³-hybridized carbons (Fsp3) is 0.333. The molecule has 1 atom stereocenters. The Morgan fingerprint density at radius 2 is 1.70 bits per heavy atom. The number of nitrogens with zero attached hydrogens (tertiary/aromatic N) is 2. The van der Waals surface area contributed by atoms with Gasteiger partial charge in [0.25, 0.3) is 0 Å². The van der Waals surface area contributed by atoms with E-state index in [1.807, 2.05) is 30.4 Å². The first-order valence-electron chi connectivity index (χ1n) is 10.7. The predicted octanol–water partition coefficient (Wildman–Crippen LogP) is 4.10. The Morgan fingerprint density at radius 1 is 1.00 bits per heavy atom. The maximum absolute atomic E-state index is 12.3. The van der Waals surface area contributed by atoms with Gasteiger partial charge in [-0.25, -0.2) is 0 Å². The van der Waals surface area contributed by atoms with Crippen LogP contribution in [0.2, 0.25) is 0 Å². The molecular formula is C24H26F3N3O3. The summed E-state index contributed by atoms with van der Waals surface area (Å²) < 4.78 is 46.6. The number of aliphatic hydroxyl groups is 1. The van der Waals surface area contributed by atoms with E-state index in [1.165, 1.54) is 12.1 Å². The van der Waals surface area contributed by atoms with Crippen LogP contribution >= 0.6 is 0 Å². The minimum atomic E-state index is -4.69. The Morgan fingerprint density at radius 3 is 2.39 bits per heavy atom. The number of rotatable bonds is 7. The molecule has 0 aromatic heterocycles. The summed E-state index contributed by atoms with van der Waals surface area (Å²) in [7, 11) is 0. The third-order valence-corrected chi connectivity index (χ3v) is 5.50. The van der Waals surface area contributed by atoms with Crippen molar-refractivity contribution in [3.8, 4) is 11.5 Å². The molecule has 6 nitrogen and oxygen atoms in total. The van der Waals surface area contributed by atoms with Crippen molar-refractivity contribution >= 4 is 17.5 Å².